The summed E-state index contributed by atoms with van der Waals surface area (Å²) >= 11 is 1.59. The van der Waals surface area contributed by atoms with Crippen LogP contribution in [0.2, 0.25) is 0 Å². The number of phenolic OH excluding ortho intramolecular Hbond substituents is 1. The normalized spacial score (nSPS) is 10.6. The summed E-state index contributed by atoms with van der Waals surface area (Å²) in [6, 6.07) is 10.8. The van der Waals surface area contributed by atoms with E-state index in [1.165, 1.54) is 0 Å². The number of benzene rings is 1. The lowest BCUT2D eigenvalue weighted by molar-refractivity contribution is 0.475. The minimum Gasteiger partial charge on any atom is -0.508 e. The van der Waals surface area contributed by atoms with Crippen LogP contribution in [0.1, 0.15) is 0 Å². The predicted molar refractivity (Wildman–Crippen MR) is 66.9 cm³/mol. The molecule has 3 rings (SSSR count). The van der Waals surface area contributed by atoms with Gasteiger partial charge in [0.05, 0.1) is 11.1 Å². The molecule has 1 N–H and O–H groups in total. The molecule has 2 heterocycles. The van der Waals surface area contributed by atoms with Crippen LogP contribution in [0.4, 0.5) is 0 Å². The van der Waals surface area contributed by atoms with Gasteiger partial charge in [-0.3, -0.25) is 0 Å². The van der Waals surface area contributed by atoms with Gasteiger partial charge in [-0.25, -0.2) is 4.98 Å². The molecule has 0 radical (unpaired) electrons. The fraction of sp³-hybridized carbons (Fsp3) is 0. The van der Waals surface area contributed by atoms with Crippen molar-refractivity contribution in [2.24, 2.45) is 0 Å². The van der Waals surface area contributed by atoms with Crippen LogP contribution in [-0.2, 0) is 0 Å². The van der Waals surface area contributed by atoms with Crippen LogP contribution in [0.15, 0.2) is 52.4 Å². The van der Waals surface area contributed by atoms with Gasteiger partial charge in [0.2, 0.25) is 5.89 Å². The Morgan fingerprint density at radius 1 is 1.12 bits per heavy atom. The van der Waals surface area contributed by atoms with E-state index in [0.29, 0.717) is 11.7 Å². The SMILES string of the molecule is Oc1ccc(-c2cnc(-c3cccs3)o2)cc1. The third kappa shape index (κ3) is 1.94. The highest BCUT2D eigenvalue weighted by Gasteiger charge is 2.08. The number of aromatic hydroxyl groups is 1. The molecule has 4 heteroatoms. The molecule has 0 unspecified atom stereocenters. The quantitative estimate of drug-likeness (QED) is 0.745. The number of rotatable bonds is 2. The molecule has 0 fully saturated rings. The van der Waals surface area contributed by atoms with E-state index >= 15 is 0 Å². The van der Waals surface area contributed by atoms with Crippen LogP contribution >= 0.6 is 11.3 Å². The first kappa shape index (κ1) is 10.1. The molecular formula is C13H9NO2S. The van der Waals surface area contributed by atoms with Crippen molar-refractivity contribution < 1.29 is 9.52 Å². The highest BCUT2D eigenvalue weighted by molar-refractivity contribution is 7.13. The van der Waals surface area contributed by atoms with Crippen molar-refractivity contribution in [3.05, 3.63) is 48.0 Å². The number of phenols is 1. The first-order chi connectivity index (χ1) is 8.33. The van der Waals surface area contributed by atoms with E-state index < -0.39 is 0 Å². The molecule has 0 spiro atoms. The smallest absolute Gasteiger partial charge is 0.236 e. The number of thiophene rings is 1. The van der Waals surface area contributed by atoms with Crippen molar-refractivity contribution in [2.45, 2.75) is 0 Å². The van der Waals surface area contributed by atoms with E-state index in [2.05, 4.69) is 4.98 Å². The third-order valence-electron chi connectivity index (χ3n) is 2.39. The zero-order valence-corrected chi connectivity index (χ0v) is 9.65. The summed E-state index contributed by atoms with van der Waals surface area (Å²) in [6.45, 7) is 0. The van der Waals surface area contributed by atoms with Gasteiger partial charge in [0.1, 0.15) is 5.75 Å². The number of nitrogens with zero attached hydrogens (tertiary/aromatic N) is 1. The molecule has 0 amide bonds. The number of oxazole rings is 1. The maximum atomic E-state index is 9.21. The van der Waals surface area contributed by atoms with Crippen molar-refractivity contribution in [3.63, 3.8) is 0 Å². The fourth-order valence-electron chi connectivity index (χ4n) is 1.55. The van der Waals surface area contributed by atoms with Gasteiger partial charge < -0.3 is 9.52 Å². The summed E-state index contributed by atoms with van der Waals surface area (Å²) in [5, 5.41) is 11.2. The predicted octanol–water partition coefficient (Wildman–Crippen LogP) is 3.78. The monoisotopic (exact) mass is 243 g/mol. The van der Waals surface area contributed by atoms with E-state index in [4.69, 9.17) is 4.42 Å². The van der Waals surface area contributed by atoms with Crippen LogP contribution in [0.3, 0.4) is 0 Å². The van der Waals surface area contributed by atoms with Crippen molar-refractivity contribution >= 4 is 11.3 Å². The summed E-state index contributed by atoms with van der Waals surface area (Å²) in [6.07, 6.45) is 1.70. The number of hydrogen-bond acceptors (Lipinski definition) is 4. The fourth-order valence-corrected chi connectivity index (χ4v) is 2.20. The van der Waals surface area contributed by atoms with Crippen molar-refractivity contribution in [2.75, 3.05) is 0 Å². The molecule has 3 aromatic rings. The van der Waals surface area contributed by atoms with Gasteiger partial charge in [-0.1, -0.05) is 6.07 Å². The molecule has 0 saturated carbocycles. The van der Waals surface area contributed by atoms with Crippen molar-refractivity contribution in [1.29, 1.82) is 0 Å². The lowest BCUT2D eigenvalue weighted by Gasteiger charge is -1.95. The molecule has 0 atom stereocenters. The molecule has 1 aromatic carbocycles. The van der Waals surface area contributed by atoms with Gasteiger partial charge in [-0.2, -0.15) is 0 Å². The average molecular weight is 243 g/mol. The second-order valence-corrected chi connectivity index (χ2v) is 4.50. The minimum atomic E-state index is 0.242. The van der Waals surface area contributed by atoms with Crippen LogP contribution in [-0.4, -0.2) is 10.1 Å². The van der Waals surface area contributed by atoms with E-state index in [0.717, 1.165) is 10.4 Å². The molecule has 0 saturated heterocycles. The maximum absolute atomic E-state index is 9.21. The molecule has 0 aliphatic carbocycles. The topological polar surface area (TPSA) is 46.3 Å². The van der Waals surface area contributed by atoms with Gasteiger partial charge >= 0.3 is 0 Å². The zero-order chi connectivity index (χ0) is 11.7. The highest BCUT2D eigenvalue weighted by Crippen LogP contribution is 2.29. The first-order valence-electron chi connectivity index (χ1n) is 5.12. The lowest BCUT2D eigenvalue weighted by atomic mass is 10.2. The Morgan fingerprint density at radius 3 is 2.65 bits per heavy atom. The second kappa shape index (κ2) is 4.07. The standard InChI is InChI=1S/C13H9NO2S/c15-10-5-3-9(4-6-10)11-8-14-13(16-11)12-2-1-7-17-12/h1-8,15H. The van der Waals surface area contributed by atoms with Gasteiger partial charge in [-0.05, 0) is 35.7 Å². The summed E-state index contributed by atoms with van der Waals surface area (Å²) < 4.78 is 5.67. The van der Waals surface area contributed by atoms with Crippen LogP contribution < -0.4 is 0 Å². The molecule has 0 aliphatic rings. The Kier molecular flexibility index (Phi) is 2.42. The first-order valence-corrected chi connectivity index (χ1v) is 6.00. The van der Waals surface area contributed by atoms with Gasteiger partial charge in [0, 0.05) is 5.56 Å². The van der Waals surface area contributed by atoms with Crippen LogP contribution in [0, 0.1) is 0 Å². The molecule has 3 nitrogen and oxygen atoms in total. The minimum absolute atomic E-state index is 0.242. The summed E-state index contributed by atoms with van der Waals surface area (Å²) in [5.74, 6) is 1.57. The zero-order valence-electron chi connectivity index (χ0n) is 8.83. The summed E-state index contributed by atoms with van der Waals surface area (Å²) in [5.41, 5.74) is 0.901. The van der Waals surface area contributed by atoms with Crippen LogP contribution in [0.25, 0.3) is 22.1 Å². The largest absolute Gasteiger partial charge is 0.508 e. The van der Waals surface area contributed by atoms with E-state index in [-0.39, 0.29) is 5.75 Å². The van der Waals surface area contributed by atoms with Gasteiger partial charge in [0.15, 0.2) is 5.76 Å². The van der Waals surface area contributed by atoms with Crippen molar-refractivity contribution in [1.82, 2.24) is 4.98 Å². The Morgan fingerprint density at radius 2 is 1.94 bits per heavy atom. The molecule has 0 bridgehead atoms. The Hall–Kier alpha value is -2.07. The molecule has 17 heavy (non-hydrogen) atoms. The average Bonchev–Trinajstić information content (AvgIpc) is 3.00. The van der Waals surface area contributed by atoms with E-state index in [1.54, 1.807) is 41.8 Å². The second-order valence-electron chi connectivity index (χ2n) is 3.55. The number of aromatic nitrogens is 1. The third-order valence-corrected chi connectivity index (χ3v) is 3.25. The van der Waals surface area contributed by atoms with E-state index in [9.17, 15) is 5.11 Å². The molecule has 2 aromatic heterocycles. The van der Waals surface area contributed by atoms with Crippen LogP contribution in [0.5, 0.6) is 5.75 Å². The van der Waals surface area contributed by atoms with Crippen molar-refractivity contribution in [3.8, 4) is 27.8 Å². The summed E-state index contributed by atoms with van der Waals surface area (Å²) in [7, 11) is 0. The van der Waals surface area contributed by atoms with E-state index in [1.807, 2.05) is 17.5 Å². The maximum Gasteiger partial charge on any atom is 0.236 e. The summed E-state index contributed by atoms with van der Waals surface area (Å²) in [4.78, 5) is 5.25. The molecule has 0 aliphatic heterocycles. The Labute approximate surface area is 102 Å². The Bertz CT molecular complexity index is 611. The molecular weight excluding hydrogens is 234 g/mol. The lowest BCUT2D eigenvalue weighted by Crippen LogP contribution is -1.71. The molecule has 84 valence electrons. The van der Waals surface area contributed by atoms with Gasteiger partial charge in [0.25, 0.3) is 0 Å². The highest BCUT2D eigenvalue weighted by atomic mass is 32.1. The Balaban J connectivity index is 1.98. The van der Waals surface area contributed by atoms with Gasteiger partial charge in [-0.15, -0.1) is 11.3 Å². The number of hydrogen-bond donors (Lipinski definition) is 1.